The number of methoxy groups -OCH3 is 1. The smallest absolute Gasteiger partial charge is 0.205 e. The van der Waals surface area contributed by atoms with Crippen LogP contribution in [0, 0.1) is 11.3 Å². The Bertz CT molecular complexity index is 984. The molecule has 0 saturated carbocycles. The minimum atomic E-state index is -0.212. The van der Waals surface area contributed by atoms with E-state index in [9.17, 15) is 5.26 Å². The van der Waals surface area contributed by atoms with Crippen LogP contribution in [-0.4, -0.2) is 7.11 Å². The maximum absolute atomic E-state index is 9.67. The third-order valence-electron chi connectivity index (χ3n) is 4.95. The van der Waals surface area contributed by atoms with Gasteiger partial charge in [-0.2, -0.15) is 5.26 Å². The van der Waals surface area contributed by atoms with E-state index in [1.807, 2.05) is 42.5 Å². The van der Waals surface area contributed by atoms with Crippen molar-refractivity contribution >= 4 is 17.4 Å². The number of nitrogens with zero attached hydrogens (tertiary/aromatic N) is 1. The van der Waals surface area contributed by atoms with E-state index >= 15 is 0 Å². The van der Waals surface area contributed by atoms with Crippen molar-refractivity contribution in [2.45, 2.75) is 18.8 Å². The Balaban J connectivity index is 1.88. The van der Waals surface area contributed by atoms with Gasteiger partial charge in [0.15, 0.2) is 0 Å². The summed E-state index contributed by atoms with van der Waals surface area (Å²) in [4.78, 5) is 0. The Labute approximate surface area is 157 Å². The molecule has 0 bridgehead atoms. The van der Waals surface area contributed by atoms with Crippen LogP contribution in [0.1, 0.15) is 29.0 Å². The molecule has 2 N–H and O–H groups in total. The molecule has 0 spiro atoms. The van der Waals surface area contributed by atoms with Gasteiger partial charge in [-0.25, -0.2) is 0 Å². The van der Waals surface area contributed by atoms with Gasteiger partial charge in [0.2, 0.25) is 5.88 Å². The van der Waals surface area contributed by atoms with Crippen molar-refractivity contribution in [2.75, 3.05) is 7.11 Å². The Morgan fingerprint density at radius 3 is 2.65 bits per heavy atom. The molecule has 4 nitrogen and oxygen atoms in total. The molecule has 0 aromatic heterocycles. The molecule has 1 aliphatic carbocycles. The summed E-state index contributed by atoms with van der Waals surface area (Å²) in [6.07, 6.45) is 1.65. The average Bonchev–Trinajstić information content (AvgIpc) is 2.67. The predicted octanol–water partition coefficient (Wildman–Crippen LogP) is 4.51. The summed E-state index contributed by atoms with van der Waals surface area (Å²) in [6.45, 7) is 0. The molecule has 0 radical (unpaired) electrons. The molecule has 1 atom stereocenters. The summed E-state index contributed by atoms with van der Waals surface area (Å²) in [5, 5.41) is 10.3. The third-order valence-corrected chi connectivity index (χ3v) is 5.20. The van der Waals surface area contributed by atoms with E-state index in [0.717, 1.165) is 46.6 Å². The number of allylic oxidation sites excluding steroid dienone is 2. The number of aryl methyl sites for hydroxylation is 1. The van der Waals surface area contributed by atoms with Crippen molar-refractivity contribution < 1.29 is 9.47 Å². The number of ether oxygens (including phenoxy) is 2. The first-order chi connectivity index (χ1) is 12.6. The average molecular weight is 365 g/mol. The van der Waals surface area contributed by atoms with Gasteiger partial charge in [0.05, 0.1) is 7.11 Å². The Kier molecular flexibility index (Phi) is 4.10. The van der Waals surface area contributed by atoms with Crippen molar-refractivity contribution in [3.63, 3.8) is 0 Å². The lowest BCUT2D eigenvalue weighted by molar-refractivity contribution is 0.349. The molecule has 2 aromatic rings. The standard InChI is InChI=1S/C21H17ClN2O2/c1-25-15-7-9-16-13(10-15)4-8-17-19(12-2-5-14(22)6-3-12)18(11-23)21(24)26-20(16)17/h2-3,5-7,9-10,19H,4,8,24H2,1H3. The molecule has 1 unspecified atom stereocenters. The zero-order valence-electron chi connectivity index (χ0n) is 14.3. The number of hydrogen-bond acceptors (Lipinski definition) is 4. The van der Waals surface area contributed by atoms with Crippen LogP contribution in [0.25, 0.3) is 5.76 Å². The summed E-state index contributed by atoms with van der Waals surface area (Å²) in [5.74, 6) is 1.52. The summed E-state index contributed by atoms with van der Waals surface area (Å²) >= 11 is 6.03. The molecule has 130 valence electrons. The van der Waals surface area contributed by atoms with E-state index in [1.54, 1.807) is 7.11 Å². The first kappa shape index (κ1) is 16.6. The molecule has 0 fully saturated rings. The van der Waals surface area contributed by atoms with E-state index in [2.05, 4.69) is 6.07 Å². The van der Waals surface area contributed by atoms with Gasteiger partial charge in [-0.3, -0.25) is 0 Å². The molecule has 4 rings (SSSR count). The Hall–Kier alpha value is -2.90. The molecule has 5 heteroatoms. The van der Waals surface area contributed by atoms with Gasteiger partial charge in [-0.05, 0) is 59.9 Å². The highest BCUT2D eigenvalue weighted by Crippen LogP contribution is 2.47. The zero-order valence-corrected chi connectivity index (χ0v) is 15.0. The number of nitrogens with two attached hydrogens (primary N) is 1. The van der Waals surface area contributed by atoms with Crippen LogP contribution >= 0.6 is 11.6 Å². The highest BCUT2D eigenvalue weighted by atomic mass is 35.5. The second kappa shape index (κ2) is 6.44. The first-order valence-corrected chi connectivity index (χ1v) is 8.73. The maximum atomic E-state index is 9.67. The Morgan fingerprint density at radius 2 is 1.96 bits per heavy atom. The largest absolute Gasteiger partial charge is 0.497 e. The van der Waals surface area contributed by atoms with Gasteiger partial charge in [-0.15, -0.1) is 0 Å². The van der Waals surface area contributed by atoms with E-state index in [-0.39, 0.29) is 11.8 Å². The highest BCUT2D eigenvalue weighted by molar-refractivity contribution is 6.30. The third kappa shape index (κ3) is 2.61. The molecular weight excluding hydrogens is 348 g/mol. The molecule has 1 aliphatic heterocycles. The number of rotatable bonds is 2. The van der Waals surface area contributed by atoms with Crippen LogP contribution in [0.5, 0.6) is 5.75 Å². The molecule has 0 saturated heterocycles. The maximum Gasteiger partial charge on any atom is 0.205 e. The predicted molar refractivity (Wildman–Crippen MR) is 100 cm³/mol. The first-order valence-electron chi connectivity index (χ1n) is 8.35. The molecule has 2 aliphatic rings. The van der Waals surface area contributed by atoms with Crippen LogP contribution < -0.4 is 10.5 Å². The highest BCUT2D eigenvalue weighted by Gasteiger charge is 2.35. The fourth-order valence-electron chi connectivity index (χ4n) is 3.70. The van der Waals surface area contributed by atoms with Crippen LogP contribution in [-0.2, 0) is 11.2 Å². The van der Waals surface area contributed by atoms with Crippen molar-refractivity contribution in [1.82, 2.24) is 0 Å². The quantitative estimate of drug-likeness (QED) is 0.851. The van der Waals surface area contributed by atoms with E-state index in [4.69, 9.17) is 26.8 Å². The topological polar surface area (TPSA) is 68.3 Å². The summed E-state index contributed by atoms with van der Waals surface area (Å²) in [7, 11) is 1.66. The minimum absolute atomic E-state index is 0.162. The lowest BCUT2D eigenvalue weighted by Crippen LogP contribution is -2.23. The molecule has 0 amide bonds. The van der Waals surface area contributed by atoms with E-state index < -0.39 is 0 Å². The van der Waals surface area contributed by atoms with Gasteiger partial charge in [-0.1, -0.05) is 23.7 Å². The summed E-state index contributed by atoms with van der Waals surface area (Å²) in [5.41, 5.74) is 10.8. The van der Waals surface area contributed by atoms with Gasteiger partial charge >= 0.3 is 0 Å². The summed E-state index contributed by atoms with van der Waals surface area (Å²) < 4.78 is 11.2. The van der Waals surface area contributed by atoms with Gasteiger partial charge in [0.1, 0.15) is 23.2 Å². The van der Waals surface area contributed by atoms with E-state index in [1.165, 1.54) is 0 Å². The van der Waals surface area contributed by atoms with Crippen molar-refractivity contribution in [1.29, 1.82) is 5.26 Å². The second-order valence-electron chi connectivity index (χ2n) is 6.35. The normalized spacial score (nSPS) is 18.6. The number of halogens is 1. The van der Waals surface area contributed by atoms with Crippen molar-refractivity contribution in [3.8, 4) is 11.8 Å². The monoisotopic (exact) mass is 364 g/mol. The van der Waals surface area contributed by atoms with Crippen LogP contribution in [0.2, 0.25) is 5.02 Å². The zero-order chi connectivity index (χ0) is 18.3. The van der Waals surface area contributed by atoms with Crippen LogP contribution in [0.15, 0.2) is 59.5 Å². The minimum Gasteiger partial charge on any atom is -0.497 e. The second-order valence-corrected chi connectivity index (χ2v) is 6.79. The number of fused-ring (bicyclic) bond motifs is 2. The fourth-order valence-corrected chi connectivity index (χ4v) is 3.83. The van der Waals surface area contributed by atoms with Crippen molar-refractivity contribution in [2.24, 2.45) is 5.73 Å². The molecule has 1 heterocycles. The molecule has 26 heavy (non-hydrogen) atoms. The number of nitriles is 1. The van der Waals surface area contributed by atoms with Crippen LogP contribution in [0.3, 0.4) is 0 Å². The molecule has 2 aromatic carbocycles. The number of benzene rings is 2. The number of hydrogen-bond donors (Lipinski definition) is 1. The van der Waals surface area contributed by atoms with Gasteiger partial charge < -0.3 is 15.2 Å². The summed E-state index contributed by atoms with van der Waals surface area (Å²) in [6, 6.07) is 15.7. The molecular formula is C21H17ClN2O2. The Morgan fingerprint density at radius 1 is 1.19 bits per heavy atom. The van der Waals surface area contributed by atoms with Gasteiger partial charge in [0, 0.05) is 16.5 Å². The SMILES string of the molecule is COc1ccc2c(c1)CCC1=C2OC(N)=C(C#N)C1c1ccc(Cl)cc1. The fraction of sp³-hybridized carbons (Fsp3) is 0.190. The lowest BCUT2D eigenvalue weighted by atomic mass is 9.76. The lowest BCUT2D eigenvalue weighted by Gasteiger charge is -2.33. The van der Waals surface area contributed by atoms with Crippen molar-refractivity contribution in [3.05, 3.63) is 81.2 Å². The van der Waals surface area contributed by atoms with E-state index in [0.29, 0.717) is 10.6 Å². The van der Waals surface area contributed by atoms with Crippen LogP contribution in [0.4, 0.5) is 0 Å². The van der Waals surface area contributed by atoms with Gasteiger partial charge in [0.25, 0.3) is 0 Å².